The van der Waals surface area contributed by atoms with Crippen LogP contribution in [0.25, 0.3) is 0 Å². The molecule has 2 unspecified atom stereocenters. The summed E-state index contributed by atoms with van der Waals surface area (Å²) in [5, 5.41) is 29.7. The maximum absolute atomic E-state index is 11.1. The Bertz CT molecular complexity index is 721. The third-order valence-electron chi connectivity index (χ3n) is 3.68. The van der Waals surface area contributed by atoms with E-state index in [9.17, 15) is 19.9 Å². The molecule has 0 aromatic heterocycles. The van der Waals surface area contributed by atoms with Crippen LogP contribution in [0.5, 0.6) is 5.75 Å². The number of phenolic OH excluding ortho intramolecular Hbond substituents is 1. The van der Waals surface area contributed by atoms with Gasteiger partial charge in [0.25, 0.3) is 0 Å². The maximum atomic E-state index is 11.1. The predicted octanol–water partition coefficient (Wildman–Crippen LogP) is 2.24. The second-order valence-corrected chi connectivity index (χ2v) is 6.82. The van der Waals surface area contributed by atoms with Crippen molar-refractivity contribution < 1.29 is 29.7 Å². The monoisotopic (exact) mass is 353 g/mol. The molecular formula is C16H20NO6P. The van der Waals surface area contributed by atoms with Gasteiger partial charge in [0.05, 0.1) is 17.7 Å². The van der Waals surface area contributed by atoms with E-state index in [2.05, 4.69) is 4.76 Å². The molecule has 2 atom stereocenters. The topological polar surface area (TPSA) is 131 Å². The summed E-state index contributed by atoms with van der Waals surface area (Å²) in [6.45, 7) is 0. The highest BCUT2D eigenvalue weighted by Gasteiger charge is 2.30. The van der Waals surface area contributed by atoms with Crippen molar-refractivity contribution in [1.29, 1.82) is 0 Å². The molecule has 1 aromatic rings. The van der Waals surface area contributed by atoms with Crippen LogP contribution >= 0.6 is 7.75 Å². The number of phenols is 1. The summed E-state index contributed by atoms with van der Waals surface area (Å²) >= 11 is 0. The molecule has 0 saturated heterocycles. The standard InChI is InChI=1S/C16H20NO6P/c18-12-6-1-4-11(10-12)5-2-8-14(19)16-13(17-24(21,22)23)7-3-9-15(16)20/h1,3-4,6-7,9-10,14,16,18-20H,2,5,8H2,(H2,21,22,23)/b17-13+. The van der Waals surface area contributed by atoms with Crippen molar-refractivity contribution in [3.05, 3.63) is 53.8 Å². The van der Waals surface area contributed by atoms with E-state index >= 15 is 0 Å². The smallest absolute Gasteiger partial charge is 0.448 e. The predicted molar refractivity (Wildman–Crippen MR) is 89.9 cm³/mol. The van der Waals surface area contributed by atoms with E-state index in [1.54, 1.807) is 18.2 Å². The van der Waals surface area contributed by atoms with Gasteiger partial charge >= 0.3 is 7.75 Å². The summed E-state index contributed by atoms with van der Waals surface area (Å²) in [7, 11) is -4.66. The third-order valence-corrected chi connectivity index (χ3v) is 4.17. The Labute approximate surface area is 139 Å². The van der Waals surface area contributed by atoms with Gasteiger partial charge in [0, 0.05) is 0 Å². The van der Waals surface area contributed by atoms with Crippen LogP contribution in [-0.2, 0) is 11.0 Å². The van der Waals surface area contributed by atoms with E-state index < -0.39 is 19.8 Å². The molecule has 1 aromatic carbocycles. The van der Waals surface area contributed by atoms with E-state index in [1.165, 1.54) is 18.2 Å². The molecule has 7 nitrogen and oxygen atoms in total. The fourth-order valence-corrected chi connectivity index (χ4v) is 3.13. The van der Waals surface area contributed by atoms with E-state index in [1.807, 2.05) is 6.07 Å². The zero-order chi connectivity index (χ0) is 17.7. The summed E-state index contributed by atoms with van der Waals surface area (Å²) < 4.78 is 14.4. The summed E-state index contributed by atoms with van der Waals surface area (Å²) in [5.74, 6) is -0.983. The molecule has 0 radical (unpaired) electrons. The van der Waals surface area contributed by atoms with Crippen LogP contribution in [0.15, 0.2) is 53.0 Å². The van der Waals surface area contributed by atoms with E-state index in [-0.39, 0.29) is 17.2 Å². The van der Waals surface area contributed by atoms with Crippen LogP contribution in [0.2, 0.25) is 0 Å². The average molecular weight is 353 g/mol. The van der Waals surface area contributed by atoms with Gasteiger partial charge in [-0.2, -0.15) is 4.76 Å². The summed E-state index contributed by atoms with van der Waals surface area (Å²) in [6.07, 6.45) is 4.59. The first kappa shape index (κ1) is 18.4. The highest BCUT2D eigenvalue weighted by Crippen LogP contribution is 2.39. The lowest BCUT2D eigenvalue weighted by atomic mass is 9.88. The van der Waals surface area contributed by atoms with Gasteiger partial charge in [0.15, 0.2) is 0 Å². The molecule has 0 bridgehead atoms. The third kappa shape index (κ3) is 5.32. The highest BCUT2D eigenvalue weighted by atomic mass is 31.2. The Morgan fingerprint density at radius 2 is 2.00 bits per heavy atom. The molecule has 1 aliphatic carbocycles. The first-order valence-electron chi connectivity index (χ1n) is 7.45. The molecule has 5 N–H and O–H groups in total. The number of hydrogen-bond acceptors (Lipinski definition) is 4. The lowest BCUT2D eigenvalue weighted by Gasteiger charge is -2.24. The average Bonchev–Trinajstić information content (AvgIpc) is 2.45. The number of allylic oxidation sites excluding steroid dienone is 3. The van der Waals surface area contributed by atoms with Gasteiger partial charge in [-0.1, -0.05) is 18.2 Å². The van der Waals surface area contributed by atoms with Crippen LogP contribution in [0.1, 0.15) is 18.4 Å². The van der Waals surface area contributed by atoms with Crippen LogP contribution in [0.3, 0.4) is 0 Å². The fourth-order valence-electron chi connectivity index (χ4n) is 2.64. The summed E-state index contributed by atoms with van der Waals surface area (Å²) in [5.41, 5.74) is 0.864. The van der Waals surface area contributed by atoms with Crippen molar-refractivity contribution in [3.8, 4) is 5.75 Å². The molecule has 8 heteroatoms. The Morgan fingerprint density at radius 3 is 2.67 bits per heavy atom. The van der Waals surface area contributed by atoms with Crippen molar-refractivity contribution >= 4 is 13.5 Å². The zero-order valence-corrected chi connectivity index (χ0v) is 13.8. The summed E-state index contributed by atoms with van der Waals surface area (Å²) in [6, 6.07) is 6.79. The number of aliphatic hydroxyl groups excluding tert-OH is 2. The van der Waals surface area contributed by atoms with Crippen LogP contribution in [-0.4, -0.2) is 36.9 Å². The van der Waals surface area contributed by atoms with Crippen molar-refractivity contribution in [2.24, 2.45) is 10.7 Å². The minimum absolute atomic E-state index is 0.0480. The molecule has 1 aliphatic rings. The number of rotatable bonds is 6. The van der Waals surface area contributed by atoms with Gasteiger partial charge in [0.2, 0.25) is 0 Å². The number of aromatic hydroxyl groups is 1. The van der Waals surface area contributed by atoms with Crippen molar-refractivity contribution in [2.75, 3.05) is 0 Å². The Hall–Kier alpha value is -1.92. The lowest BCUT2D eigenvalue weighted by molar-refractivity contribution is 0.120. The largest absolute Gasteiger partial charge is 0.512 e. The zero-order valence-electron chi connectivity index (χ0n) is 12.9. The molecule has 24 heavy (non-hydrogen) atoms. The van der Waals surface area contributed by atoms with E-state index in [4.69, 9.17) is 9.79 Å². The van der Waals surface area contributed by atoms with Crippen molar-refractivity contribution in [1.82, 2.24) is 0 Å². The molecular weight excluding hydrogens is 333 g/mol. The lowest BCUT2D eigenvalue weighted by Crippen LogP contribution is -2.30. The Morgan fingerprint density at radius 1 is 1.25 bits per heavy atom. The highest BCUT2D eigenvalue weighted by molar-refractivity contribution is 7.50. The molecule has 130 valence electrons. The summed E-state index contributed by atoms with van der Waals surface area (Å²) in [4.78, 5) is 18.0. The van der Waals surface area contributed by atoms with E-state index in [0.717, 1.165) is 5.56 Å². The molecule has 0 amide bonds. The number of aryl methyl sites for hydroxylation is 1. The van der Waals surface area contributed by atoms with Crippen LogP contribution in [0, 0.1) is 5.92 Å². The normalized spacial score (nSPS) is 20.9. The van der Waals surface area contributed by atoms with Crippen molar-refractivity contribution in [2.45, 2.75) is 25.4 Å². The minimum atomic E-state index is -4.66. The second kappa shape index (κ2) is 7.77. The SMILES string of the molecule is O=P(O)(O)/N=C1\C=CC=C(O)C1C(O)CCCc1cccc(O)c1. The molecule has 0 saturated carbocycles. The molecule has 0 aliphatic heterocycles. The fraction of sp³-hybridized carbons (Fsp3) is 0.312. The van der Waals surface area contributed by atoms with Crippen LogP contribution in [0.4, 0.5) is 0 Å². The Balaban J connectivity index is 2.02. The van der Waals surface area contributed by atoms with Crippen molar-refractivity contribution in [3.63, 3.8) is 0 Å². The van der Waals surface area contributed by atoms with Gasteiger partial charge in [-0.25, -0.2) is 4.57 Å². The van der Waals surface area contributed by atoms with Gasteiger partial charge in [-0.15, -0.1) is 0 Å². The van der Waals surface area contributed by atoms with Gasteiger partial charge in [0.1, 0.15) is 11.5 Å². The quantitative estimate of drug-likeness (QED) is 0.499. The minimum Gasteiger partial charge on any atom is -0.512 e. The second-order valence-electron chi connectivity index (χ2n) is 5.60. The number of benzene rings is 1. The van der Waals surface area contributed by atoms with Gasteiger partial charge in [-0.3, -0.25) is 0 Å². The first-order chi connectivity index (χ1) is 11.3. The molecule has 2 rings (SSSR count). The number of aliphatic hydroxyl groups is 2. The van der Waals surface area contributed by atoms with Crippen LogP contribution < -0.4 is 0 Å². The molecule has 0 heterocycles. The number of nitrogens with zero attached hydrogens (tertiary/aromatic N) is 1. The molecule has 0 spiro atoms. The van der Waals surface area contributed by atoms with Gasteiger partial charge < -0.3 is 25.1 Å². The molecule has 0 fully saturated rings. The van der Waals surface area contributed by atoms with E-state index in [0.29, 0.717) is 19.3 Å². The Kier molecular flexibility index (Phi) is 5.96. The number of hydrogen-bond donors (Lipinski definition) is 5. The first-order valence-corrected chi connectivity index (χ1v) is 9.01. The van der Waals surface area contributed by atoms with Gasteiger partial charge in [-0.05, 0) is 49.1 Å². The maximum Gasteiger partial charge on any atom is 0.448 e.